The number of alkyl halides is 2. The van der Waals surface area contributed by atoms with E-state index in [4.69, 9.17) is 23.2 Å². The first-order chi connectivity index (χ1) is 4.52. The Morgan fingerprint density at radius 1 is 1.64 bits per heavy atom. The molecule has 0 aromatic heterocycles. The second kappa shape index (κ2) is 5.60. The lowest BCUT2D eigenvalue weighted by molar-refractivity contribution is -0.144. The van der Waals surface area contributed by atoms with Crippen LogP contribution in [-0.2, 0) is 9.63 Å². The van der Waals surface area contributed by atoms with E-state index in [1.54, 1.807) is 6.92 Å². The zero-order valence-corrected chi connectivity index (χ0v) is 7.58. The second-order valence-electron chi connectivity index (χ2n) is 1.88. The van der Waals surface area contributed by atoms with E-state index in [9.17, 15) is 4.79 Å². The van der Waals surface area contributed by atoms with Gasteiger partial charge in [-0.1, -0.05) is 6.92 Å². The summed E-state index contributed by atoms with van der Waals surface area (Å²) in [4.78, 5) is 14.4. The van der Waals surface area contributed by atoms with Crippen LogP contribution in [0.25, 0.3) is 0 Å². The molecule has 11 heavy (non-hydrogen) atoms. The van der Waals surface area contributed by atoms with Crippen LogP contribution in [0.1, 0.15) is 19.8 Å². The maximum atomic E-state index is 10.5. The molecular weight excluding hydrogens is 193 g/mol. The Bertz CT molecular complexity index is 129. The standard InChI is InChI=1S/C5H9Cl2NO2.H2O/c1-2-5(6,7)3-4(9)10-8;/h2-3,8H2,1H3;1H2. The molecule has 0 amide bonds. The molecule has 0 saturated heterocycles. The van der Waals surface area contributed by atoms with Crippen LogP contribution in [0.2, 0.25) is 0 Å². The first kappa shape index (κ1) is 13.6. The average molecular weight is 204 g/mol. The highest BCUT2D eigenvalue weighted by Crippen LogP contribution is 2.28. The molecule has 0 aromatic carbocycles. The Morgan fingerprint density at radius 3 is 2.36 bits per heavy atom. The van der Waals surface area contributed by atoms with Gasteiger partial charge in [-0.2, -0.15) is 5.90 Å². The summed E-state index contributed by atoms with van der Waals surface area (Å²) in [5.74, 6) is 3.96. The van der Waals surface area contributed by atoms with Crippen LogP contribution >= 0.6 is 23.2 Å². The first-order valence-corrected chi connectivity index (χ1v) is 3.55. The van der Waals surface area contributed by atoms with Crippen LogP contribution in [0.3, 0.4) is 0 Å². The van der Waals surface area contributed by atoms with E-state index in [0.717, 1.165) is 0 Å². The van der Waals surface area contributed by atoms with Gasteiger partial charge >= 0.3 is 5.97 Å². The SMILES string of the molecule is CCC(Cl)(Cl)CC(=O)ON.O. The van der Waals surface area contributed by atoms with Crippen molar-refractivity contribution >= 4 is 29.2 Å². The van der Waals surface area contributed by atoms with E-state index in [-0.39, 0.29) is 11.9 Å². The summed E-state index contributed by atoms with van der Waals surface area (Å²) in [6.45, 7) is 1.77. The van der Waals surface area contributed by atoms with Gasteiger partial charge in [0.05, 0.1) is 6.42 Å². The molecule has 0 aliphatic rings. The van der Waals surface area contributed by atoms with Crippen molar-refractivity contribution < 1.29 is 15.1 Å². The Balaban J connectivity index is 0. The van der Waals surface area contributed by atoms with E-state index < -0.39 is 10.3 Å². The van der Waals surface area contributed by atoms with Gasteiger partial charge in [0.25, 0.3) is 0 Å². The van der Waals surface area contributed by atoms with Crippen LogP contribution in [-0.4, -0.2) is 15.8 Å². The number of carbonyl (C=O) groups is 1. The Labute approximate surface area is 74.9 Å². The van der Waals surface area contributed by atoms with E-state index >= 15 is 0 Å². The number of halogens is 2. The van der Waals surface area contributed by atoms with Crippen molar-refractivity contribution in [1.29, 1.82) is 0 Å². The van der Waals surface area contributed by atoms with Gasteiger partial charge in [-0.15, -0.1) is 23.2 Å². The van der Waals surface area contributed by atoms with Crippen molar-refractivity contribution in [3.05, 3.63) is 0 Å². The number of nitrogens with two attached hydrogens (primary N) is 1. The predicted molar refractivity (Wildman–Crippen MR) is 43.2 cm³/mol. The molecular formula is C5H11Cl2NO3. The molecule has 0 aliphatic carbocycles. The minimum atomic E-state index is -1.05. The van der Waals surface area contributed by atoms with Crippen LogP contribution in [0, 0.1) is 0 Å². The zero-order valence-electron chi connectivity index (χ0n) is 6.06. The number of rotatable bonds is 3. The van der Waals surface area contributed by atoms with Crippen LogP contribution in [0.5, 0.6) is 0 Å². The predicted octanol–water partition coefficient (Wildman–Crippen LogP) is 0.553. The lowest BCUT2D eigenvalue weighted by Gasteiger charge is -2.13. The van der Waals surface area contributed by atoms with Crippen molar-refractivity contribution in [3.8, 4) is 0 Å². The topological polar surface area (TPSA) is 83.8 Å². The molecule has 0 atom stereocenters. The fraction of sp³-hybridized carbons (Fsp3) is 0.800. The second-order valence-corrected chi connectivity index (χ2v) is 3.52. The van der Waals surface area contributed by atoms with Gasteiger partial charge in [0.2, 0.25) is 0 Å². The van der Waals surface area contributed by atoms with Gasteiger partial charge in [0.1, 0.15) is 4.33 Å². The summed E-state index contributed by atoms with van der Waals surface area (Å²) in [6, 6.07) is 0. The molecule has 0 heterocycles. The van der Waals surface area contributed by atoms with Crippen LogP contribution in [0.15, 0.2) is 0 Å². The summed E-state index contributed by atoms with van der Waals surface area (Å²) in [5, 5.41) is 0. The monoisotopic (exact) mass is 203 g/mol. The van der Waals surface area contributed by atoms with Crippen LogP contribution < -0.4 is 5.90 Å². The summed E-state index contributed by atoms with van der Waals surface area (Å²) in [5.41, 5.74) is 0. The molecule has 0 spiro atoms. The normalized spacial score (nSPS) is 10.2. The minimum absolute atomic E-state index is 0. The lowest BCUT2D eigenvalue weighted by Crippen LogP contribution is -2.21. The average Bonchev–Trinajstić information content (AvgIpc) is 1.87. The molecule has 0 bridgehead atoms. The zero-order chi connectivity index (χ0) is 8.20. The molecule has 0 radical (unpaired) electrons. The Hall–Kier alpha value is -0.0300. The summed E-state index contributed by atoms with van der Waals surface area (Å²) >= 11 is 11.2. The molecule has 4 nitrogen and oxygen atoms in total. The van der Waals surface area contributed by atoms with Crippen molar-refractivity contribution in [1.82, 2.24) is 0 Å². The minimum Gasteiger partial charge on any atom is -0.412 e. The van der Waals surface area contributed by atoms with Crippen molar-refractivity contribution in [2.45, 2.75) is 24.1 Å². The molecule has 0 aliphatic heterocycles. The number of carbonyl (C=O) groups excluding carboxylic acids is 1. The summed E-state index contributed by atoms with van der Waals surface area (Å²) in [7, 11) is 0. The van der Waals surface area contributed by atoms with Crippen molar-refractivity contribution in [3.63, 3.8) is 0 Å². The van der Waals surface area contributed by atoms with Crippen LogP contribution in [0.4, 0.5) is 0 Å². The van der Waals surface area contributed by atoms with Gasteiger partial charge in [0, 0.05) is 0 Å². The lowest BCUT2D eigenvalue weighted by atomic mass is 10.2. The third-order valence-electron chi connectivity index (χ3n) is 1.05. The van der Waals surface area contributed by atoms with Gasteiger partial charge in [-0.25, -0.2) is 0 Å². The number of hydrogen-bond acceptors (Lipinski definition) is 3. The third-order valence-corrected chi connectivity index (χ3v) is 1.85. The smallest absolute Gasteiger partial charge is 0.327 e. The number of hydrogen-bond donors (Lipinski definition) is 1. The van der Waals surface area contributed by atoms with E-state index in [1.807, 2.05) is 0 Å². The summed E-state index contributed by atoms with van der Waals surface area (Å²) in [6.07, 6.45) is 0.397. The highest BCUT2D eigenvalue weighted by Gasteiger charge is 2.25. The highest BCUT2D eigenvalue weighted by atomic mass is 35.5. The van der Waals surface area contributed by atoms with Gasteiger partial charge in [0.15, 0.2) is 0 Å². The van der Waals surface area contributed by atoms with Gasteiger partial charge in [-0.05, 0) is 6.42 Å². The molecule has 6 heteroatoms. The van der Waals surface area contributed by atoms with Gasteiger partial charge in [-0.3, -0.25) is 4.79 Å². The van der Waals surface area contributed by atoms with Gasteiger partial charge < -0.3 is 10.3 Å². The van der Waals surface area contributed by atoms with Crippen molar-refractivity contribution in [2.75, 3.05) is 0 Å². The Morgan fingerprint density at radius 2 is 2.09 bits per heavy atom. The maximum absolute atomic E-state index is 10.5. The summed E-state index contributed by atoms with van der Waals surface area (Å²) < 4.78 is -1.05. The fourth-order valence-electron chi connectivity index (χ4n) is 0.378. The largest absolute Gasteiger partial charge is 0.412 e. The maximum Gasteiger partial charge on any atom is 0.327 e. The Kier molecular flexibility index (Phi) is 6.90. The molecule has 0 fully saturated rings. The quantitative estimate of drug-likeness (QED) is 0.538. The van der Waals surface area contributed by atoms with E-state index in [0.29, 0.717) is 6.42 Å². The molecule has 4 N–H and O–H groups in total. The third kappa shape index (κ3) is 6.37. The van der Waals surface area contributed by atoms with E-state index in [2.05, 4.69) is 10.7 Å². The molecule has 0 rings (SSSR count). The highest BCUT2D eigenvalue weighted by molar-refractivity contribution is 6.49. The first-order valence-electron chi connectivity index (χ1n) is 2.79. The molecule has 0 aromatic rings. The molecule has 0 saturated carbocycles. The molecule has 0 unspecified atom stereocenters. The van der Waals surface area contributed by atoms with Crippen molar-refractivity contribution in [2.24, 2.45) is 5.90 Å². The fourth-order valence-corrected chi connectivity index (χ4v) is 0.596. The van der Waals surface area contributed by atoms with E-state index in [1.165, 1.54) is 0 Å². The molecule has 68 valence electrons.